The minimum Gasteiger partial charge on any atom is -0.360 e. The molecule has 0 saturated heterocycles. The highest BCUT2D eigenvalue weighted by Gasteiger charge is 2.20. The maximum Gasteiger partial charge on any atom is 0.218 e. The summed E-state index contributed by atoms with van der Waals surface area (Å²) in [6.45, 7) is 0. The summed E-state index contributed by atoms with van der Waals surface area (Å²) < 4.78 is 50.8. The number of nitrogens with one attached hydrogen (secondary N) is 1. The van der Waals surface area contributed by atoms with Gasteiger partial charge in [0.25, 0.3) is 0 Å². The van der Waals surface area contributed by atoms with Crippen LogP contribution >= 0.6 is 11.6 Å². The van der Waals surface area contributed by atoms with Gasteiger partial charge in [0, 0.05) is 23.0 Å². The molecule has 0 atom stereocenters. The molecule has 2 aromatic carbocycles. The summed E-state index contributed by atoms with van der Waals surface area (Å²) in [6.07, 6.45) is 0.873. The zero-order valence-electron chi connectivity index (χ0n) is 11.4. The average molecular weight is 355 g/mol. The first-order valence-electron chi connectivity index (χ1n) is 6.16. The zero-order chi connectivity index (χ0) is 17.0. The maximum atomic E-state index is 13.1. The summed E-state index contributed by atoms with van der Waals surface area (Å²) in [6, 6.07) is 9.40. The Morgan fingerprint density at radius 3 is 2.22 bits per heavy atom. The number of hydrogen-bond donors (Lipinski definition) is 1. The van der Waals surface area contributed by atoms with Crippen LogP contribution in [0.2, 0.25) is 5.02 Å². The van der Waals surface area contributed by atoms with Crippen LogP contribution in [0.4, 0.5) is 14.5 Å². The molecule has 0 heterocycles. The van der Waals surface area contributed by atoms with E-state index in [9.17, 15) is 17.2 Å². The fourth-order valence-corrected chi connectivity index (χ4v) is 2.91. The maximum absolute atomic E-state index is 13.1. The molecule has 2 aromatic rings. The molecule has 0 aliphatic heterocycles. The molecule has 0 fully saturated rings. The van der Waals surface area contributed by atoms with Gasteiger partial charge in [-0.05, 0) is 36.4 Å². The van der Waals surface area contributed by atoms with Gasteiger partial charge in [-0.25, -0.2) is 17.2 Å². The van der Waals surface area contributed by atoms with Gasteiger partial charge < -0.3 is 5.32 Å². The second-order valence-electron chi connectivity index (χ2n) is 4.38. The van der Waals surface area contributed by atoms with Gasteiger partial charge in [-0.15, -0.1) is 0 Å². The smallest absolute Gasteiger partial charge is 0.218 e. The molecule has 8 heteroatoms. The monoisotopic (exact) mass is 354 g/mol. The van der Waals surface area contributed by atoms with E-state index >= 15 is 0 Å². The van der Waals surface area contributed by atoms with Crippen molar-refractivity contribution in [2.45, 2.75) is 4.90 Å². The molecular formula is C15H9ClF2N2O2S. The molecule has 118 valence electrons. The van der Waals surface area contributed by atoms with E-state index in [1.165, 1.54) is 24.3 Å². The van der Waals surface area contributed by atoms with E-state index in [0.717, 1.165) is 18.3 Å². The van der Waals surface area contributed by atoms with Gasteiger partial charge in [-0.3, -0.25) is 0 Å². The van der Waals surface area contributed by atoms with Crippen LogP contribution in [0.15, 0.2) is 58.5 Å². The lowest BCUT2D eigenvalue weighted by molar-refractivity contribution is 0.584. The Hall–Kier alpha value is -2.43. The van der Waals surface area contributed by atoms with Crippen molar-refractivity contribution in [3.63, 3.8) is 0 Å². The van der Waals surface area contributed by atoms with Crippen LogP contribution < -0.4 is 5.32 Å². The van der Waals surface area contributed by atoms with Crippen LogP contribution in [0, 0.1) is 23.0 Å². The van der Waals surface area contributed by atoms with E-state index in [2.05, 4.69) is 5.32 Å². The van der Waals surface area contributed by atoms with Crippen LogP contribution in [0.5, 0.6) is 0 Å². The molecule has 0 bridgehead atoms. The van der Waals surface area contributed by atoms with Crippen molar-refractivity contribution in [3.8, 4) is 6.07 Å². The Kier molecular flexibility index (Phi) is 4.98. The number of sulfone groups is 1. The third-order valence-electron chi connectivity index (χ3n) is 2.76. The number of benzene rings is 2. The highest BCUT2D eigenvalue weighted by molar-refractivity contribution is 7.95. The first-order valence-corrected chi connectivity index (χ1v) is 8.02. The highest BCUT2D eigenvalue weighted by Crippen LogP contribution is 2.21. The fourth-order valence-electron chi connectivity index (χ4n) is 1.70. The Bertz CT molecular complexity index is 884. The van der Waals surface area contributed by atoms with Gasteiger partial charge in [-0.1, -0.05) is 11.6 Å². The molecule has 0 aliphatic carbocycles. The summed E-state index contributed by atoms with van der Waals surface area (Å²) in [5, 5.41) is 11.8. The van der Waals surface area contributed by atoms with Crippen molar-refractivity contribution >= 4 is 27.1 Å². The Morgan fingerprint density at radius 1 is 1.13 bits per heavy atom. The van der Waals surface area contributed by atoms with Gasteiger partial charge in [-0.2, -0.15) is 5.26 Å². The third kappa shape index (κ3) is 4.06. The molecule has 0 unspecified atom stereocenters. The number of halogens is 3. The molecule has 0 spiro atoms. The van der Waals surface area contributed by atoms with Gasteiger partial charge >= 0.3 is 0 Å². The average Bonchev–Trinajstić information content (AvgIpc) is 2.47. The van der Waals surface area contributed by atoms with Crippen molar-refractivity contribution in [1.82, 2.24) is 0 Å². The van der Waals surface area contributed by atoms with E-state index in [0.29, 0.717) is 11.1 Å². The van der Waals surface area contributed by atoms with E-state index < -0.39 is 26.4 Å². The van der Waals surface area contributed by atoms with E-state index in [1.54, 1.807) is 6.07 Å². The fraction of sp³-hybridized carbons (Fsp3) is 0. The van der Waals surface area contributed by atoms with Gasteiger partial charge in [0.1, 0.15) is 17.7 Å². The summed E-state index contributed by atoms with van der Waals surface area (Å²) in [5.74, 6) is -1.67. The molecule has 0 aliphatic rings. The molecule has 2 rings (SSSR count). The number of nitrogens with zero attached hydrogens (tertiary/aromatic N) is 1. The molecule has 0 amide bonds. The van der Waals surface area contributed by atoms with Crippen molar-refractivity contribution in [2.75, 3.05) is 5.32 Å². The van der Waals surface area contributed by atoms with Gasteiger partial charge in [0.15, 0.2) is 4.91 Å². The molecular weight excluding hydrogens is 346 g/mol. The quantitative estimate of drug-likeness (QED) is 0.846. The number of allylic oxidation sites excluding steroid dienone is 1. The summed E-state index contributed by atoms with van der Waals surface area (Å²) >= 11 is 5.69. The van der Waals surface area contributed by atoms with Gasteiger partial charge in [0.05, 0.1) is 4.90 Å². The first kappa shape index (κ1) is 16.9. The first-order chi connectivity index (χ1) is 10.8. The summed E-state index contributed by atoms with van der Waals surface area (Å²) in [5.41, 5.74) is -0.0263. The van der Waals surface area contributed by atoms with Crippen molar-refractivity contribution < 1.29 is 17.2 Å². The van der Waals surface area contributed by atoms with E-state index in [-0.39, 0.29) is 10.6 Å². The Balaban J connectivity index is 2.35. The van der Waals surface area contributed by atoms with Crippen molar-refractivity contribution in [1.29, 1.82) is 5.26 Å². The summed E-state index contributed by atoms with van der Waals surface area (Å²) in [7, 11) is -4.07. The third-order valence-corrected chi connectivity index (χ3v) is 4.69. The van der Waals surface area contributed by atoms with Crippen LogP contribution in [0.25, 0.3) is 0 Å². The normalized spacial score (nSPS) is 11.8. The number of anilines is 1. The predicted molar refractivity (Wildman–Crippen MR) is 82.3 cm³/mol. The van der Waals surface area contributed by atoms with Crippen LogP contribution in [-0.2, 0) is 9.84 Å². The van der Waals surface area contributed by atoms with Crippen LogP contribution in [0.3, 0.4) is 0 Å². The molecule has 0 saturated carbocycles. The highest BCUT2D eigenvalue weighted by atomic mass is 35.5. The second kappa shape index (κ2) is 6.77. The Morgan fingerprint density at radius 2 is 1.70 bits per heavy atom. The van der Waals surface area contributed by atoms with Crippen LogP contribution in [-0.4, -0.2) is 8.42 Å². The van der Waals surface area contributed by atoms with Crippen molar-refractivity contribution in [2.24, 2.45) is 0 Å². The zero-order valence-corrected chi connectivity index (χ0v) is 13.0. The van der Waals surface area contributed by atoms with E-state index in [4.69, 9.17) is 16.9 Å². The molecule has 23 heavy (non-hydrogen) atoms. The van der Waals surface area contributed by atoms with Crippen molar-refractivity contribution in [3.05, 3.63) is 70.2 Å². The number of hydrogen-bond acceptors (Lipinski definition) is 4. The molecule has 0 aromatic heterocycles. The number of nitriles is 1. The second-order valence-corrected chi connectivity index (χ2v) is 6.73. The topological polar surface area (TPSA) is 70.0 Å². The lowest BCUT2D eigenvalue weighted by Gasteiger charge is -2.05. The largest absolute Gasteiger partial charge is 0.360 e. The van der Waals surface area contributed by atoms with Gasteiger partial charge in [0.2, 0.25) is 9.84 Å². The summed E-state index contributed by atoms with van der Waals surface area (Å²) in [4.78, 5) is -0.730. The lowest BCUT2D eigenvalue weighted by atomic mass is 10.3. The Labute approximate surface area is 136 Å². The molecule has 0 radical (unpaired) electrons. The van der Waals surface area contributed by atoms with Crippen LogP contribution in [0.1, 0.15) is 0 Å². The lowest BCUT2D eigenvalue weighted by Crippen LogP contribution is -2.05. The SMILES string of the molecule is N#C/C(=C\Nc1cc(F)cc(F)c1)S(=O)(=O)c1ccc(Cl)cc1. The number of rotatable bonds is 4. The minimum atomic E-state index is -4.07. The molecule has 4 nitrogen and oxygen atoms in total. The molecule has 1 N–H and O–H groups in total. The standard InChI is InChI=1S/C15H9ClF2N2O2S/c16-10-1-3-14(4-2-10)23(21,22)15(8-19)9-20-13-6-11(17)5-12(18)7-13/h1-7,9,20H/b15-9+. The predicted octanol–water partition coefficient (Wildman–Crippen LogP) is 3.87. The van der Waals surface area contributed by atoms with E-state index in [1.807, 2.05) is 0 Å². The minimum absolute atomic E-state index is 0.0263.